The summed E-state index contributed by atoms with van der Waals surface area (Å²) in [6, 6.07) is 1.85. The van der Waals surface area contributed by atoms with Crippen LogP contribution in [-0.2, 0) is 4.79 Å². The Morgan fingerprint density at radius 2 is 1.86 bits per heavy atom. The van der Waals surface area contributed by atoms with Gasteiger partial charge in [-0.3, -0.25) is 4.79 Å². The summed E-state index contributed by atoms with van der Waals surface area (Å²) in [5, 5.41) is 12.4. The summed E-state index contributed by atoms with van der Waals surface area (Å²) in [4.78, 5) is 10.9. The van der Waals surface area contributed by atoms with Gasteiger partial charge in [-0.1, -0.05) is 6.07 Å². The summed E-state index contributed by atoms with van der Waals surface area (Å²) in [7, 11) is 0. The Balaban J connectivity index is 3.29. The Hall–Kier alpha value is -1.51. The minimum atomic E-state index is -0.126. The average molecular weight is 193 g/mol. The van der Waals surface area contributed by atoms with Crippen molar-refractivity contribution < 1.29 is 9.90 Å². The molecule has 2 N–H and O–H groups in total. The van der Waals surface area contributed by atoms with E-state index < -0.39 is 0 Å². The Labute approximate surface area is 83.8 Å². The van der Waals surface area contributed by atoms with Crippen LogP contribution in [0.2, 0.25) is 0 Å². The molecule has 0 fully saturated rings. The zero-order valence-electron chi connectivity index (χ0n) is 8.93. The average Bonchev–Trinajstić information content (AvgIpc) is 2.09. The summed E-state index contributed by atoms with van der Waals surface area (Å²) in [5.74, 6) is 0.124. The minimum absolute atomic E-state index is 0.126. The SMILES string of the molecule is CC(=O)Nc1c(C)cc(C)c(O)c1C. The number of hydrogen-bond donors (Lipinski definition) is 2. The topological polar surface area (TPSA) is 49.3 Å². The third-order valence-electron chi connectivity index (χ3n) is 2.23. The molecule has 0 aliphatic rings. The molecule has 3 nitrogen and oxygen atoms in total. The van der Waals surface area contributed by atoms with E-state index in [-0.39, 0.29) is 11.7 Å². The Bertz CT molecular complexity index is 383. The van der Waals surface area contributed by atoms with Crippen molar-refractivity contribution in [1.29, 1.82) is 0 Å². The van der Waals surface area contributed by atoms with Gasteiger partial charge in [0.15, 0.2) is 0 Å². The van der Waals surface area contributed by atoms with Gasteiger partial charge >= 0.3 is 0 Å². The molecule has 1 rings (SSSR count). The molecule has 1 aromatic rings. The van der Waals surface area contributed by atoms with E-state index in [9.17, 15) is 9.90 Å². The first-order valence-corrected chi connectivity index (χ1v) is 4.51. The summed E-state index contributed by atoms with van der Waals surface area (Å²) >= 11 is 0. The molecule has 0 heterocycles. The molecule has 0 aromatic heterocycles. The molecule has 0 bridgehead atoms. The standard InChI is InChI=1S/C11H15NO2/c1-6-5-7(2)11(14)8(3)10(6)12-9(4)13/h5,14H,1-4H3,(H,12,13). The fraction of sp³-hybridized carbons (Fsp3) is 0.364. The number of anilines is 1. The minimum Gasteiger partial charge on any atom is -0.507 e. The van der Waals surface area contributed by atoms with Gasteiger partial charge in [-0.15, -0.1) is 0 Å². The van der Waals surface area contributed by atoms with E-state index in [1.807, 2.05) is 19.9 Å². The van der Waals surface area contributed by atoms with Crippen molar-refractivity contribution in [3.05, 3.63) is 22.8 Å². The number of amides is 1. The number of benzene rings is 1. The summed E-state index contributed by atoms with van der Waals surface area (Å²) in [6.07, 6.45) is 0. The summed E-state index contributed by atoms with van der Waals surface area (Å²) < 4.78 is 0. The Kier molecular flexibility index (Phi) is 2.79. The number of aromatic hydroxyl groups is 1. The van der Waals surface area contributed by atoms with E-state index in [4.69, 9.17) is 0 Å². The highest BCUT2D eigenvalue weighted by Crippen LogP contribution is 2.31. The van der Waals surface area contributed by atoms with Crippen LogP contribution in [-0.4, -0.2) is 11.0 Å². The normalized spacial score (nSPS) is 10.0. The highest BCUT2D eigenvalue weighted by atomic mass is 16.3. The van der Waals surface area contributed by atoms with Crippen LogP contribution in [0.4, 0.5) is 5.69 Å². The first-order valence-electron chi connectivity index (χ1n) is 4.51. The fourth-order valence-electron chi connectivity index (χ4n) is 1.54. The van der Waals surface area contributed by atoms with Crippen molar-refractivity contribution in [2.75, 3.05) is 5.32 Å². The lowest BCUT2D eigenvalue weighted by molar-refractivity contribution is -0.114. The monoisotopic (exact) mass is 193 g/mol. The van der Waals surface area contributed by atoms with E-state index in [1.165, 1.54) is 6.92 Å². The summed E-state index contributed by atoms with van der Waals surface area (Å²) in [5.41, 5.74) is 3.22. The van der Waals surface area contributed by atoms with Crippen LogP contribution >= 0.6 is 0 Å². The molecule has 76 valence electrons. The molecule has 1 amide bonds. The van der Waals surface area contributed by atoms with Crippen molar-refractivity contribution in [1.82, 2.24) is 0 Å². The van der Waals surface area contributed by atoms with Gasteiger partial charge in [0.05, 0.1) is 5.69 Å². The van der Waals surface area contributed by atoms with E-state index in [0.717, 1.165) is 16.7 Å². The van der Waals surface area contributed by atoms with Crippen molar-refractivity contribution in [2.45, 2.75) is 27.7 Å². The molecule has 1 aromatic carbocycles. The Morgan fingerprint density at radius 3 is 2.36 bits per heavy atom. The van der Waals surface area contributed by atoms with Gasteiger partial charge in [-0.05, 0) is 31.9 Å². The lowest BCUT2D eigenvalue weighted by Gasteiger charge is -2.13. The van der Waals surface area contributed by atoms with Crippen molar-refractivity contribution >= 4 is 11.6 Å². The number of hydrogen-bond acceptors (Lipinski definition) is 2. The molecule has 0 saturated carbocycles. The van der Waals surface area contributed by atoms with Crippen molar-refractivity contribution in [3.8, 4) is 5.75 Å². The number of carbonyl (C=O) groups is 1. The molecule has 0 saturated heterocycles. The first kappa shape index (κ1) is 10.6. The fourth-order valence-corrected chi connectivity index (χ4v) is 1.54. The number of phenols is 1. The second-order valence-electron chi connectivity index (χ2n) is 3.54. The highest BCUT2D eigenvalue weighted by Gasteiger charge is 2.10. The van der Waals surface area contributed by atoms with Gasteiger partial charge in [0.2, 0.25) is 5.91 Å². The molecule has 0 radical (unpaired) electrons. The van der Waals surface area contributed by atoms with E-state index in [1.54, 1.807) is 6.92 Å². The van der Waals surface area contributed by atoms with Gasteiger partial charge in [0, 0.05) is 12.5 Å². The van der Waals surface area contributed by atoms with Crippen molar-refractivity contribution in [3.63, 3.8) is 0 Å². The van der Waals surface area contributed by atoms with Crippen LogP contribution in [0.25, 0.3) is 0 Å². The lowest BCUT2D eigenvalue weighted by Crippen LogP contribution is -2.09. The number of nitrogens with one attached hydrogen (secondary N) is 1. The lowest BCUT2D eigenvalue weighted by atomic mass is 10.0. The smallest absolute Gasteiger partial charge is 0.221 e. The molecule has 0 atom stereocenters. The maximum absolute atomic E-state index is 10.9. The van der Waals surface area contributed by atoms with Crippen LogP contribution < -0.4 is 5.32 Å². The van der Waals surface area contributed by atoms with Crippen molar-refractivity contribution in [2.24, 2.45) is 0 Å². The van der Waals surface area contributed by atoms with Crippen LogP contribution in [0.1, 0.15) is 23.6 Å². The maximum atomic E-state index is 10.9. The van der Waals surface area contributed by atoms with Crippen LogP contribution in [0.15, 0.2) is 6.07 Å². The highest BCUT2D eigenvalue weighted by molar-refractivity contribution is 5.91. The van der Waals surface area contributed by atoms with Crippen LogP contribution in [0.5, 0.6) is 5.75 Å². The first-order chi connectivity index (χ1) is 6.43. The molecular weight excluding hydrogens is 178 g/mol. The zero-order valence-corrected chi connectivity index (χ0v) is 8.93. The van der Waals surface area contributed by atoms with Gasteiger partial charge in [0.25, 0.3) is 0 Å². The van der Waals surface area contributed by atoms with Crippen LogP contribution in [0, 0.1) is 20.8 Å². The van der Waals surface area contributed by atoms with E-state index in [0.29, 0.717) is 5.69 Å². The number of rotatable bonds is 1. The molecular formula is C11H15NO2. The molecule has 14 heavy (non-hydrogen) atoms. The summed E-state index contributed by atoms with van der Waals surface area (Å²) in [6.45, 7) is 6.99. The van der Waals surface area contributed by atoms with Gasteiger partial charge < -0.3 is 10.4 Å². The zero-order chi connectivity index (χ0) is 10.9. The third-order valence-corrected chi connectivity index (χ3v) is 2.23. The predicted molar refractivity (Wildman–Crippen MR) is 56.6 cm³/mol. The second kappa shape index (κ2) is 3.70. The second-order valence-corrected chi connectivity index (χ2v) is 3.54. The predicted octanol–water partition coefficient (Wildman–Crippen LogP) is 2.28. The van der Waals surface area contributed by atoms with Crippen LogP contribution in [0.3, 0.4) is 0 Å². The molecule has 0 aliphatic heterocycles. The maximum Gasteiger partial charge on any atom is 0.221 e. The van der Waals surface area contributed by atoms with Gasteiger partial charge in [0.1, 0.15) is 5.75 Å². The number of carbonyl (C=O) groups excluding carboxylic acids is 1. The van der Waals surface area contributed by atoms with Gasteiger partial charge in [-0.25, -0.2) is 0 Å². The largest absolute Gasteiger partial charge is 0.507 e. The number of aryl methyl sites for hydroxylation is 2. The third kappa shape index (κ3) is 1.87. The molecule has 0 aliphatic carbocycles. The molecule has 0 unspecified atom stereocenters. The van der Waals surface area contributed by atoms with E-state index >= 15 is 0 Å². The number of phenolic OH excluding ortho intramolecular Hbond substituents is 1. The quantitative estimate of drug-likeness (QED) is 0.718. The molecule has 3 heteroatoms. The Morgan fingerprint density at radius 1 is 1.29 bits per heavy atom. The van der Waals surface area contributed by atoms with E-state index in [2.05, 4.69) is 5.32 Å². The molecule has 0 spiro atoms. The van der Waals surface area contributed by atoms with Gasteiger partial charge in [-0.2, -0.15) is 0 Å².